The standard InChI is InChI=1S/C14H19FN2O3/c1-14(2,3)20-13(18)17-7-10(8-17)19-12-5-4-9(16)6-11(12)15/h4-6,10H,7-8,16H2,1-3H3. The molecule has 1 amide bonds. The lowest BCUT2D eigenvalue weighted by Crippen LogP contribution is -2.57. The van der Waals surface area contributed by atoms with E-state index in [1.807, 2.05) is 20.8 Å². The number of likely N-dealkylation sites (tertiary alicyclic amines) is 1. The average molecular weight is 282 g/mol. The number of hydrogen-bond donors (Lipinski definition) is 1. The smallest absolute Gasteiger partial charge is 0.410 e. The highest BCUT2D eigenvalue weighted by atomic mass is 19.1. The number of rotatable bonds is 2. The summed E-state index contributed by atoms with van der Waals surface area (Å²) in [5.74, 6) is -0.353. The Balaban J connectivity index is 1.83. The number of amides is 1. The van der Waals surface area contributed by atoms with Gasteiger partial charge in [-0.05, 0) is 32.9 Å². The molecule has 1 heterocycles. The van der Waals surface area contributed by atoms with Crippen LogP contribution in [0, 0.1) is 5.82 Å². The van der Waals surface area contributed by atoms with Crippen molar-refractivity contribution in [3.63, 3.8) is 0 Å². The monoisotopic (exact) mass is 282 g/mol. The van der Waals surface area contributed by atoms with Gasteiger partial charge in [-0.25, -0.2) is 9.18 Å². The molecule has 0 aromatic heterocycles. The maximum absolute atomic E-state index is 13.5. The minimum absolute atomic E-state index is 0.146. The minimum Gasteiger partial charge on any atom is -0.484 e. The van der Waals surface area contributed by atoms with Gasteiger partial charge in [-0.15, -0.1) is 0 Å². The van der Waals surface area contributed by atoms with Crippen molar-refractivity contribution in [2.24, 2.45) is 0 Å². The first-order valence-corrected chi connectivity index (χ1v) is 6.44. The molecule has 110 valence electrons. The predicted octanol–water partition coefficient (Wildman–Crippen LogP) is 2.41. The summed E-state index contributed by atoms with van der Waals surface area (Å²) in [4.78, 5) is 13.2. The summed E-state index contributed by atoms with van der Waals surface area (Å²) in [6, 6.07) is 4.27. The van der Waals surface area contributed by atoms with Gasteiger partial charge in [0, 0.05) is 11.8 Å². The van der Waals surface area contributed by atoms with Gasteiger partial charge >= 0.3 is 6.09 Å². The normalized spacial score (nSPS) is 15.7. The van der Waals surface area contributed by atoms with E-state index in [4.69, 9.17) is 15.2 Å². The van der Waals surface area contributed by atoms with Crippen molar-refractivity contribution in [2.45, 2.75) is 32.5 Å². The van der Waals surface area contributed by atoms with Crippen LogP contribution in [0.25, 0.3) is 0 Å². The third-order valence-corrected chi connectivity index (χ3v) is 2.75. The van der Waals surface area contributed by atoms with Gasteiger partial charge in [0.15, 0.2) is 11.6 Å². The Labute approximate surface area is 117 Å². The highest BCUT2D eigenvalue weighted by molar-refractivity contribution is 5.69. The molecular weight excluding hydrogens is 263 g/mol. The second-order valence-corrected chi connectivity index (χ2v) is 5.82. The first kappa shape index (κ1) is 14.4. The zero-order valence-corrected chi connectivity index (χ0v) is 11.9. The highest BCUT2D eigenvalue weighted by Crippen LogP contribution is 2.24. The lowest BCUT2D eigenvalue weighted by molar-refractivity contribution is -0.0229. The fourth-order valence-electron chi connectivity index (χ4n) is 1.78. The maximum atomic E-state index is 13.5. The molecule has 1 aliphatic heterocycles. The number of hydrogen-bond acceptors (Lipinski definition) is 4. The van der Waals surface area contributed by atoms with Crippen molar-refractivity contribution in [1.29, 1.82) is 0 Å². The summed E-state index contributed by atoms with van der Waals surface area (Å²) < 4.78 is 24.2. The Kier molecular flexibility index (Phi) is 3.74. The number of anilines is 1. The van der Waals surface area contributed by atoms with Crippen molar-refractivity contribution in [3.8, 4) is 5.75 Å². The lowest BCUT2D eigenvalue weighted by Gasteiger charge is -2.39. The summed E-state index contributed by atoms with van der Waals surface area (Å²) in [5, 5.41) is 0. The van der Waals surface area contributed by atoms with Crippen LogP contribution in [0.15, 0.2) is 18.2 Å². The van der Waals surface area contributed by atoms with Crippen LogP contribution in [0.3, 0.4) is 0 Å². The molecule has 1 aromatic rings. The summed E-state index contributed by atoms with van der Waals surface area (Å²) in [6.45, 7) is 6.20. The van der Waals surface area contributed by atoms with E-state index in [9.17, 15) is 9.18 Å². The molecule has 5 nitrogen and oxygen atoms in total. The van der Waals surface area contributed by atoms with Gasteiger partial charge in [-0.1, -0.05) is 0 Å². The molecule has 6 heteroatoms. The van der Waals surface area contributed by atoms with E-state index in [0.717, 1.165) is 0 Å². The van der Waals surface area contributed by atoms with Crippen LogP contribution in [0.1, 0.15) is 20.8 Å². The van der Waals surface area contributed by atoms with Crippen molar-refractivity contribution in [1.82, 2.24) is 4.90 Å². The number of nitrogens with zero attached hydrogens (tertiary/aromatic N) is 1. The van der Waals surface area contributed by atoms with E-state index in [2.05, 4.69) is 0 Å². The van der Waals surface area contributed by atoms with Crippen molar-refractivity contribution < 1.29 is 18.7 Å². The molecule has 0 spiro atoms. The van der Waals surface area contributed by atoms with Crippen molar-refractivity contribution in [3.05, 3.63) is 24.0 Å². The van der Waals surface area contributed by atoms with Crippen LogP contribution in [0.4, 0.5) is 14.9 Å². The van der Waals surface area contributed by atoms with Gasteiger partial charge < -0.3 is 20.1 Å². The van der Waals surface area contributed by atoms with Crippen molar-refractivity contribution >= 4 is 11.8 Å². The SMILES string of the molecule is CC(C)(C)OC(=O)N1CC(Oc2ccc(N)cc2F)C1. The van der Waals surface area contributed by atoms with E-state index in [0.29, 0.717) is 18.8 Å². The molecule has 1 saturated heterocycles. The molecule has 2 rings (SSSR count). The zero-order chi connectivity index (χ0) is 14.9. The van der Waals surface area contributed by atoms with E-state index in [1.165, 1.54) is 17.0 Å². The lowest BCUT2D eigenvalue weighted by atomic mass is 10.1. The van der Waals surface area contributed by atoms with E-state index < -0.39 is 11.4 Å². The number of nitrogens with two attached hydrogens (primary N) is 1. The van der Waals surface area contributed by atoms with E-state index in [1.54, 1.807) is 6.07 Å². The average Bonchev–Trinajstić information content (AvgIpc) is 2.22. The molecular formula is C14H19FN2O3. The second kappa shape index (κ2) is 5.19. The highest BCUT2D eigenvalue weighted by Gasteiger charge is 2.35. The Hall–Kier alpha value is -1.98. The Morgan fingerprint density at radius 3 is 2.60 bits per heavy atom. The number of ether oxygens (including phenoxy) is 2. The van der Waals surface area contributed by atoms with Crippen LogP contribution in [0.5, 0.6) is 5.75 Å². The van der Waals surface area contributed by atoms with Gasteiger partial charge in [0.2, 0.25) is 0 Å². The minimum atomic E-state index is -0.522. The van der Waals surface area contributed by atoms with E-state index >= 15 is 0 Å². The molecule has 0 unspecified atom stereocenters. The molecule has 2 N–H and O–H groups in total. The Bertz CT molecular complexity index is 508. The van der Waals surface area contributed by atoms with Crippen LogP contribution < -0.4 is 10.5 Å². The Morgan fingerprint density at radius 1 is 1.40 bits per heavy atom. The Morgan fingerprint density at radius 2 is 2.05 bits per heavy atom. The molecule has 1 fully saturated rings. The van der Waals surface area contributed by atoms with Gasteiger partial charge in [0.25, 0.3) is 0 Å². The molecule has 0 bridgehead atoms. The zero-order valence-electron chi connectivity index (χ0n) is 11.9. The molecule has 0 saturated carbocycles. The number of nitrogen functional groups attached to an aromatic ring is 1. The quantitative estimate of drug-likeness (QED) is 0.846. The number of carbonyl (C=O) groups excluding carboxylic acids is 1. The number of halogens is 1. The third-order valence-electron chi connectivity index (χ3n) is 2.75. The maximum Gasteiger partial charge on any atom is 0.410 e. The van der Waals surface area contributed by atoms with Crippen LogP contribution >= 0.6 is 0 Å². The summed E-state index contributed by atoms with van der Waals surface area (Å²) in [6.07, 6.45) is -0.601. The summed E-state index contributed by atoms with van der Waals surface area (Å²) in [5.41, 5.74) is 5.28. The molecule has 1 aliphatic rings. The summed E-state index contributed by atoms with van der Waals surface area (Å²) >= 11 is 0. The molecule has 0 radical (unpaired) electrons. The van der Waals surface area contributed by atoms with Crippen LogP contribution in [-0.2, 0) is 4.74 Å². The first-order valence-electron chi connectivity index (χ1n) is 6.44. The summed E-state index contributed by atoms with van der Waals surface area (Å²) in [7, 11) is 0. The predicted molar refractivity (Wildman–Crippen MR) is 73.0 cm³/mol. The molecule has 0 aliphatic carbocycles. The number of benzene rings is 1. The van der Waals surface area contributed by atoms with Crippen molar-refractivity contribution in [2.75, 3.05) is 18.8 Å². The molecule has 1 aromatic carbocycles. The van der Waals surface area contributed by atoms with Gasteiger partial charge in [-0.2, -0.15) is 0 Å². The topological polar surface area (TPSA) is 64.8 Å². The van der Waals surface area contributed by atoms with Crippen LogP contribution in [-0.4, -0.2) is 35.8 Å². The van der Waals surface area contributed by atoms with Gasteiger partial charge in [0.1, 0.15) is 11.7 Å². The largest absolute Gasteiger partial charge is 0.484 e. The first-order chi connectivity index (χ1) is 9.24. The van der Waals surface area contributed by atoms with Gasteiger partial charge in [-0.3, -0.25) is 0 Å². The molecule has 0 atom stereocenters. The third kappa shape index (κ3) is 3.53. The fraction of sp³-hybridized carbons (Fsp3) is 0.500. The van der Waals surface area contributed by atoms with E-state index in [-0.39, 0.29) is 17.9 Å². The second-order valence-electron chi connectivity index (χ2n) is 5.82. The van der Waals surface area contributed by atoms with Crippen LogP contribution in [0.2, 0.25) is 0 Å². The number of carbonyl (C=O) groups is 1. The fourth-order valence-corrected chi connectivity index (χ4v) is 1.78. The molecule has 20 heavy (non-hydrogen) atoms. The van der Waals surface area contributed by atoms with Gasteiger partial charge in [0.05, 0.1) is 13.1 Å².